The van der Waals surface area contributed by atoms with Crippen LogP contribution < -0.4 is 10.6 Å². The van der Waals surface area contributed by atoms with Crippen molar-refractivity contribution in [2.45, 2.75) is 0 Å². The number of thiocarbonyl (C=S) groups is 1. The molecule has 22 heavy (non-hydrogen) atoms. The molecule has 0 radical (unpaired) electrons. The van der Waals surface area contributed by atoms with Gasteiger partial charge in [0, 0.05) is 8.59 Å². The molecule has 0 unspecified atom stereocenters. The molecule has 0 heterocycles. The van der Waals surface area contributed by atoms with Crippen LogP contribution in [0.4, 0.5) is 5.69 Å². The van der Waals surface area contributed by atoms with Crippen molar-refractivity contribution >= 4 is 86.3 Å². The summed E-state index contributed by atoms with van der Waals surface area (Å²) < 4.78 is 0.893. The summed E-state index contributed by atoms with van der Waals surface area (Å²) in [7, 11) is 0. The molecule has 8 heteroatoms. The summed E-state index contributed by atoms with van der Waals surface area (Å²) in [6.07, 6.45) is 0. The van der Waals surface area contributed by atoms with Crippen LogP contribution in [0.3, 0.4) is 0 Å². The Hall–Kier alpha value is -0.600. The Kier molecular flexibility index (Phi) is 6.28. The highest BCUT2D eigenvalue weighted by Gasteiger charge is 2.13. The molecule has 0 aliphatic rings. The zero-order valence-electron chi connectivity index (χ0n) is 10.8. The lowest BCUT2D eigenvalue weighted by Gasteiger charge is -2.12. The molecule has 0 saturated heterocycles. The molecule has 3 nitrogen and oxygen atoms in total. The van der Waals surface area contributed by atoms with E-state index in [9.17, 15) is 4.79 Å². The van der Waals surface area contributed by atoms with Crippen molar-refractivity contribution in [3.05, 3.63) is 60.6 Å². The first-order valence-corrected chi connectivity index (χ1v) is 8.51. The van der Waals surface area contributed by atoms with Crippen LogP contribution in [0, 0.1) is 3.57 Å². The molecule has 0 aliphatic heterocycles. The largest absolute Gasteiger partial charge is 0.331 e. The molecule has 0 atom stereocenters. The van der Waals surface area contributed by atoms with E-state index in [1.54, 1.807) is 30.3 Å². The summed E-state index contributed by atoms with van der Waals surface area (Å²) in [5, 5.41) is 6.76. The number of rotatable bonds is 2. The lowest BCUT2D eigenvalue weighted by atomic mass is 10.2. The smallest absolute Gasteiger partial charge is 0.258 e. The van der Waals surface area contributed by atoms with Crippen molar-refractivity contribution < 1.29 is 4.79 Å². The highest BCUT2D eigenvalue weighted by molar-refractivity contribution is 14.1. The van der Waals surface area contributed by atoms with E-state index >= 15 is 0 Å². The highest BCUT2D eigenvalue weighted by Crippen LogP contribution is 2.25. The number of benzene rings is 2. The predicted molar refractivity (Wildman–Crippen MR) is 104 cm³/mol. The summed E-state index contributed by atoms with van der Waals surface area (Å²) >= 11 is 25.1. The Labute approximate surface area is 161 Å². The van der Waals surface area contributed by atoms with Crippen LogP contribution in [0.1, 0.15) is 10.4 Å². The molecule has 2 aromatic rings. The van der Waals surface area contributed by atoms with Crippen molar-refractivity contribution in [3.8, 4) is 0 Å². The highest BCUT2D eigenvalue weighted by atomic mass is 127. The second kappa shape index (κ2) is 7.79. The van der Waals surface area contributed by atoms with Crippen molar-refractivity contribution in [1.29, 1.82) is 0 Å². The maximum Gasteiger partial charge on any atom is 0.258 e. The van der Waals surface area contributed by atoms with E-state index in [0.29, 0.717) is 26.3 Å². The van der Waals surface area contributed by atoms with E-state index in [2.05, 4.69) is 33.2 Å². The molecular formula is C14H8Cl3IN2OS. The first-order valence-electron chi connectivity index (χ1n) is 5.89. The van der Waals surface area contributed by atoms with Gasteiger partial charge in [-0.3, -0.25) is 10.1 Å². The van der Waals surface area contributed by atoms with Gasteiger partial charge in [-0.05, 0) is 71.2 Å². The molecule has 0 aliphatic carbocycles. The monoisotopic (exact) mass is 484 g/mol. The van der Waals surface area contributed by atoms with Crippen molar-refractivity contribution in [2.24, 2.45) is 0 Å². The van der Waals surface area contributed by atoms with Gasteiger partial charge in [0.05, 0.1) is 21.3 Å². The summed E-state index contributed by atoms with van der Waals surface area (Å²) in [5.74, 6) is -0.404. The van der Waals surface area contributed by atoms with Crippen LogP contribution in [0.15, 0.2) is 36.4 Å². The summed E-state index contributed by atoms with van der Waals surface area (Å²) in [6.45, 7) is 0. The van der Waals surface area contributed by atoms with Crippen molar-refractivity contribution in [2.75, 3.05) is 5.32 Å². The number of amides is 1. The summed E-state index contributed by atoms with van der Waals surface area (Å²) in [4.78, 5) is 12.2. The van der Waals surface area contributed by atoms with Gasteiger partial charge < -0.3 is 5.32 Å². The van der Waals surface area contributed by atoms with Gasteiger partial charge in [-0.2, -0.15) is 0 Å². The maximum absolute atomic E-state index is 12.2. The predicted octanol–water partition coefficient (Wildman–Crippen LogP) is 5.38. The molecular weight excluding hydrogens is 477 g/mol. The van der Waals surface area contributed by atoms with E-state index in [1.807, 2.05) is 6.07 Å². The molecule has 1 amide bonds. The van der Waals surface area contributed by atoms with E-state index < -0.39 is 5.91 Å². The van der Waals surface area contributed by atoms with Gasteiger partial charge in [-0.25, -0.2) is 0 Å². The first-order chi connectivity index (χ1) is 10.4. The van der Waals surface area contributed by atoms with Gasteiger partial charge in [0.2, 0.25) is 0 Å². The molecule has 0 bridgehead atoms. The van der Waals surface area contributed by atoms with Crippen LogP contribution in [0.2, 0.25) is 15.1 Å². The third-order valence-corrected chi connectivity index (χ3v) is 4.35. The third-order valence-electron chi connectivity index (χ3n) is 2.58. The lowest BCUT2D eigenvalue weighted by Crippen LogP contribution is -2.34. The van der Waals surface area contributed by atoms with Crippen LogP contribution in [0.25, 0.3) is 0 Å². The Morgan fingerprint density at radius 1 is 1.05 bits per heavy atom. The first kappa shape index (κ1) is 17.7. The van der Waals surface area contributed by atoms with Crippen LogP contribution >= 0.6 is 69.6 Å². The molecule has 0 saturated carbocycles. The molecule has 114 valence electrons. The van der Waals surface area contributed by atoms with Crippen molar-refractivity contribution in [1.82, 2.24) is 5.32 Å². The number of hydrogen-bond acceptors (Lipinski definition) is 2. The van der Waals surface area contributed by atoms with Crippen LogP contribution in [-0.2, 0) is 0 Å². The minimum absolute atomic E-state index is 0.101. The van der Waals surface area contributed by atoms with Crippen molar-refractivity contribution in [3.63, 3.8) is 0 Å². The number of anilines is 1. The maximum atomic E-state index is 12.2. The minimum atomic E-state index is -0.404. The lowest BCUT2D eigenvalue weighted by molar-refractivity contribution is 0.0978. The van der Waals surface area contributed by atoms with E-state index in [0.717, 1.165) is 3.57 Å². The van der Waals surface area contributed by atoms with Crippen LogP contribution in [0.5, 0.6) is 0 Å². The zero-order valence-corrected chi connectivity index (χ0v) is 16.0. The van der Waals surface area contributed by atoms with Gasteiger partial charge in [0.25, 0.3) is 5.91 Å². The Balaban J connectivity index is 2.10. The fraction of sp³-hybridized carbons (Fsp3) is 0. The number of halogens is 4. The third kappa shape index (κ3) is 4.70. The summed E-state index contributed by atoms with van der Waals surface area (Å²) in [5.41, 5.74) is 0.850. The van der Waals surface area contributed by atoms with E-state index in [-0.39, 0.29) is 5.11 Å². The van der Waals surface area contributed by atoms with Gasteiger partial charge >= 0.3 is 0 Å². The van der Waals surface area contributed by atoms with Gasteiger partial charge in [0.1, 0.15) is 0 Å². The average Bonchev–Trinajstić information content (AvgIpc) is 2.45. The summed E-state index contributed by atoms with van der Waals surface area (Å²) in [6, 6.07) is 10.0. The molecule has 2 N–H and O–H groups in total. The van der Waals surface area contributed by atoms with Gasteiger partial charge in [-0.15, -0.1) is 0 Å². The quantitative estimate of drug-likeness (QED) is 0.444. The number of carbonyl (C=O) groups is 1. The van der Waals surface area contributed by atoms with Gasteiger partial charge in [0.15, 0.2) is 5.11 Å². The normalized spacial score (nSPS) is 10.2. The Morgan fingerprint density at radius 2 is 1.73 bits per heavy atom. The fourth-order valence-electron chi connectivity index (χ4n) is 1.59. The topological polar surface area (TPSA) is 41.1 Å². The molecule has 0 fully saturated rings. The number of hydrogen-bond donors (Lipinski definition) is 2. The standard InChI is InChI=1S/C14H8Cl3IN2OS/c15-7-1-3-11(17)12(5-7)19-14(22)20-13(21)9-6-8(18)2-4-10(9)16/h1-6H,(H2,19,20,21,22). The fourth-order valence-corrected chi connectivity index (χ4v) is 2.82. The number of nitrogens with one attached hydrogen (secondary N) is 2. The zero-order chi connectivity index (χ0) is 16.3. The second-order valence-corrected chi connectivity index (χ2v) is 7.06. The average molecular weight is 486 g/mol. The Bertz CT molecular complexity index is 755. The van der Waals surface area contributed by atoms with Gasteiger partial charge in [-0.1, -0.05) is 34.8 Å². The molecule has 0 spiro atoms. The minimum Gasteiger partial charge on any atom is -0.331 e. The second-order valence-electron chi connectivity index (χ2n) is 4.16. The van der Waals surface area contributed by atoms with Crippen LogP contribution in [-0.4, -0.2) is 11.0 Å². The molecule has 2 rings (SSSR count). The SMILES string of the molecule is O=C(NC(=S)Nc1cc(Cl)ccc1Cl)c1cc(I)ccc1Cl. The van der Waals surface area contributed by atoms with E-state index in [1.165, 1.54) is 0 Å². The van der Waals surface area contributed by atoms with E-state index in [4.69, 9.17) is 47.0 Å². The molecule has 0 aromatic heterocycles. The molecule has 2 aromatic carbocycles. The number of carbonyl (C=O) groups excluding carboxylic acids is 1. The Morgan fingerprint density at radius 3 is 2.45 bits per heavy atom.